The van der Waals surface area contributed by atoms with E-state index in [9.17, 15) is 14.4 Å². The average Bonchev–Trinajstić information content (AvgIpc) is 2.72. The molecule has 0 amide bonds. The second-order valence-electron chi connectivity index (χ2n) is 7.67. The molecule has 0 atom stereocenters. The smallest absolute Gasteiger partial charge is 0.287 e. The number of aryl methyl sites for hydroxylation is 1. The number of hydrogen-bond acceptors (Lipinski definition) is 5. The second kappa shape index (κ2) is 9.58. The largest absolute Gasteiger partial charge is 0.329 e. The van der Waals surface area contributed by atoms with Gasteiger partial charge in [-0.25, -0.2) is 9.78 Å². The first-order valence-corrected chi connectivity index (χ1v) is 10.3. The van der Waals surface area contributed by atoms with Crippen molar-refractivity contribution in [2.45, 2.75) is 33.2 Å². The number of carbonyl (C=O) groups excluding carboxylic acids is 1. The van der Waals surface area contributed by atoms with Crippen LogP contribution in [0.4, 0.5) is 0 Å². The Bertz CT molecular complexity index is 1380. The van der Waals surface area contributed by atoms with Gasteiger partial charge in [0.2, 0.25) is 5.78 Å². The van der Waals surface area contributed by atoms with Crippen molar-refractivity contribution in [1.29, 1.82) is 5.26 Å². The van der Waals surface area contributed by atoms with Crippen molar-refractivity contribution >= 4 is 23.5 Å². The lowest BCUT2D eigenvalue weighted by Gasteiger charge is -2.18. The number of benzene rings is 1. The van der Waals surface area contributed by atoms with Crippen LogP contribution in [0.5, 0.6) is 0 Å². The van der Waals surface area contributed by atoms with Gasteiger partial charge < -0.3 is 0 Å². The maximum absolute atomic E-state index is 13.7. The molecule has 3 rings (SSSR count). The van der Waals surface area contributed by atoms with Crippen molar-refractivity contribution in [3.8, 4) is 6.07 Å². The van der Waals surface area contributed by atoms with Gasteiger partial charge in [-0.1, -0.05) is 31.5 Å². The Labute approximate surface area is 189 Å². The monoisotopic (exact) mass is 448 g/mol. The molecular formula is C24H21ClN4O3. The number of hydrogen-bond donors (Lipinski definition) is 1. The number of carbonyl (C=O) groups is 1. The maximum atomic E-state index is 13.7. The second-order valence-corrected chi connectivity index (χ2v) is 8.06. The van der Waals surface area contributed by atoms with E-state index in [1.807, 2.05) is 19.1 Å². The number of nitrogens with zero attached hydrogens (tertiary/aromatic N) is 3. The summed E-state index contributed by atoms with van der Waals surface area (Å²) in [6, 6.07) is 10.4. The van der Waals surface area contributed by atoms with Gasteiger partial charge in [0.25, 0.3) is 5.56 Å². The third kappa shape index (κ3) is 4.93. The molecule has 0 saturated carbocycles. The van der Waals surface area contributed by atoms with Crippen LogP contribution in [0, 0.1) is 18.3 Å². The first-order chi connectivity index (χ1) is 15.2. The Morgan fingerprint density at radius 1 is 1.28 bits per heavy atom. The fourth-order valence-electron chi connectivity index (χ4n) is 3.55. The van der Waals surface area contributed by atoms with Crippen LogP contribution < -0.4 is 11.2 Å². The molecule has 0 bridgehead atoms. The summed E-state index contributed by atoms with van der Waals surface area (Å²) in [5.41, 5.74) is 1.43. The molecule has 0 aliphatic rings. The van der Waals surface area contributed by atoms with Crippen LogP contribution in [0.3, 0.4) is 0 Å². The normalized spacial score (nSPS) is 11.1. The summed E-state index contributed by atoms with van der Waals surface area (Å²) in [6.07, 6.45) is 4.42. The average molecular weight is 449 g/mol. The summed E-state index contributed by atoms with van der Waals surface area (Å²) in [5, 5.41) is 9.07. The number of H-pyrrole nitrogens is 1. The van der Waals surface area contributed by atoms with Crippen LogP contribution in [-0.2, 0) is 6.54 Å². The molecule has 0 saturated heterocycles. The maximum Gasteiger partial charge on any atom is 0.329 e. The summed E-state index contributed by atoms with van der Waals surface area (Å²) in [4.78, 5) is 45.4. The standard InChI is InChI=1S/C24H21ClN4O3/c1-14(2)20-21(22(30)18-10-15(3)9-16(11-18)5-4-7-26)29(24(32)28-23(20)31)13-17-6-8-27-19(25)12-17/h4-6,8-12,14H,13H2,1-3H3,(H,28,31,32). The summed E-state index contributed by atoms with van der Waals surface area (Å²) in [7, 11) is 0. The van der Waals surface area contributed by atoms with E-state index >= 15 is 0 Å². The molecule has 0 spiro atoms. The van der Waals surface area contributed by atoms with E-state index in [1.165, 1.54) is 16.8 Å². The Balaban J connectivity index is 2.26. The highest BCUT2D eigenvalue weighted by atomic mass is 35.5. The van der Waals surface area contributed by atoms with Crippen molar-refractivity contribution in [3.05, 3.63) is 102 Å². The van der Waals surface area contributed by atoms with E-state index < -0.39 is 17.0 Å². The molecule has 0 aliphatic carbocycles. The zero-order valence-electron chi connectivity index (χ0n) is 17.8. The fourth-order valence-corrected chi connectivity index (χ4v) is 3.75. The van der Waals surface area contributed by atoms with Crippen molar-refractivity contribution < 1.29 is 4.79 Å². The Kier molecular flexibility index (Phi) is 6.86. The van der Waals surface area contributed by atoms with Crippen molar-refractivity contribution in [1.82, 2.24) is 14.5 Å². The minimum absolute atomic E-state index is 0.0301. The van der Waals surface area contributed by atoms with Gasteiger partial charge in [-0.05, 0) is 59.9 Å². The quantitative estimate of drug-likeness (QED) is 0.350. The highest BCUT2D eigenvalue weighted by Crippen LogP contribution is 2.21. The zero-order chi connectivity index (χ0) is 23.4. The van der Waals surface area contributed by atoms with Gasteiger partial charge in [-0.2, -0.15) is 5.26 Å². The molecule has 2 aromatic heterocycles. The summed E-state index contributed by atoms with van der Waals surface area (Å²) < 4.78 is 1.26. The highest BCUT2D eigenvalue weighted by Gasteiger charge is 2.25. The van der Waals surface area contributed by atoms with Crippen LogP contribution in [-0.4, -0.2) is 20.3 Å². The van der Waals surface area contributed by atoms with Gasteiger partial charge >= 0.3 is 5.69 Å². The number of aromatic nitrogens is 3. The van der Waals surface area contributed by atoms with Gasteiger partial charge in [0.1, 0.15) is 10.8 Å². The molecule has 0 fully saturated rings. The molecule has 0 unspecified atom stereocenters. The molecule has 32 heavy (non-hydrogen) atoms. The van der Waals surface area contributed by atoms with Crippen LogP contribution >= 0.6 is 11.6 Å². The van der Waals surface area contributed by atoms with Gasteiger partial charge in [-0.3, -0.25) is 19.1 Å². The van der Waals surface area contributed by atoms with Crippen LogP contribution in [0.2, 0.25) is 5.15 Å². The molecule has 1 N–H and O–H groups in total. The third-order valence-electron chi connectivity index (χ3n) is 4.87. The Morgan fingerprint density at radius 2 is 2.03 bits per heavy atom. The zero-order valence-corrected chi connectivity index (χ0v) is 18.6. The van der Waals surface area contributed by atoms with Crippen LogP contribution in [0.15, 0.2) is 52.2 Å². The SMILES string of the molecule is Cc1cc(C=CC#N)cc(C(=O)c2c(C(C)C)c(=O)[nH]c(=O)n2Cc2ccnc(Cl)c2)c1. The predicted molar refractivity (Wildman–Crippen MR) is 123 cm³/mol. The van der Waals surface area contributed by atoms with E-state index in [-0.39, 0.29) is 28.9 Å². The highest BCUT2D eigenvalue weighted by molar-refractivity contribution is 6.29. The number of halogens is 1. The van der Waals surface area contributed by atoms with E-state index in [4.69, 9.17) is 16.9 Å². The number of ketones is 1. The minimum atomic E-state index is -0.687. The molecule has 162 valence electrons. The summed E-state index contributed by atoms with van der Waals surface area (Å²) in [5.74, 6) is -0.763. The lowest BCUT2D eigenvalue weighted by molar-refractivity contribution is 0.102. The minimum Gasteiger partial charge on any atom is -0.287 e. The Hall–Kier alpha value is -3.76. The number of pyridine rings is 1. The molecular weight excluding hydrogens is 428 g/mol. The van der Waals surface area contributed by atoms with Crippen LogP contribution in [0.25, 0.3) is 6.08 Å². The molecule has 1 aromatic carbocycles. The predicted octanol–water partition coefficient (Wildman–Crippen LogP) is 3.83. The summed E-state index contributed by atoms with van der Waals surface area (Å²) in [6.45, 7) is 5.44. The number of nitrogens with one attached hydrogen (secondary N) is 1. The number of rotatable bonds is 6. The van der Waals surface area contributed by atoms with E-state index in [0.29, 0.717) is 16.7 Å². The van der Waals surface area contributed by atoms with Crippen LogP contribution in [0.1, 0.15) is 58.1 Å². The van der Waals surface area contributed by atoms with Gasteiger partial charge in [0.15, 0.2) is 0 Å². The fraction of sp³-hybridized carbons (Fsp3) is 0.208. The number of allylic oxidation sites excluding steroid dienone is 1. The number of nitriles is 1. The molecule has 0 radical (unpaired) electrons. The number of aromatic amines is 1. The van der Waals surface area contributed by atoms with E-state index in [1.54, 1.807) is 44.2 Å². The lowest BCUT2D eigenvalue weighted by atomic mass is 9.95. The van der Waals surface area contributed by atoms with Gasteiger partial charge in [0.05, 0.1) is 12.6 Å². The molecule has 2 heterocycles. The van der Waals surface area contributed by atoms with Crippen molar-refractivity contribution in [2.24, 2.45) is 0 Å². The first kappa shape index (κ1) is 22.9. The lowest BCUT2D eigenvalue weighted by Crippen LogP contribution is -2.38. The van der Waals surface area contributed by atoms with Crippen molar-refractivity contribution in [3.63, 3.8) is 0 Å². The summed E-state index contributed by atoms with van der Waals surface area (Å²) >= 11 is 5.98. The molecule has 3 aromatic rings. The van der Waals surface area contributed by atoms with Crippen molar-refractivity contribution in [2.75, 3.05) is 0 Å². The van der Waals surface area contributed by atoms with E-state index in [0.717, 1.165) is 5.56 Å². The van der Waals surface area contributed by atoms with Gasteiger partial charge in [-0.15, -0.1) is 0 Å². The molecule has 8 heteroatoms. The van der Waals surface area contributed by atoms with Gasteiger partial charge in [0, 0.05) is 23.4 Å². The molecule has 7 nitrogen and oxygen atoms in total. The first-order valence-electron chi connectivity index (χ1n) is 9.91. The topological polar surface area (TPSA) is 109 Å². The third-order valence-corrected chi connectivity index (χ3v) is 5.08. The molecule has 0 aliphatic heterocycles. The van der Waals surface area contributed by atoms with E-state index in [2.05, 4.69) is 9.97 Å². The Morgan fingerprint density at radius 3 is 2.69 bits per heavy atom.